The molecular weight excluding hydrogens is 1040 g/mol. The number of phenols is 1. The topological polar surface area (TPSA) is 221 Å². The molecule has 18 nitrogen and oxygen atoms in total. The van der Waals surface area contributed by atoms with Crippen LogP contribution >= 0.6 is 35.1 Å². The smallest absolute Gasteiger partial charge is 1.00 e. The van der Waals surface area contributed by atoms with Gasteiger partial charge in [-0.3, -0.25) is 29.2 Å². The predicted octanol–water partition coefficient (Wildman–Crippen LogP) is 0.629. The largest absolute Gasteiger partial charge is 1.00 e. The fraction of sp³-hybridized carbons (Fsp3) is 0.500. The summed E-state index contributed by atoms with van der Waals surface area (Å²) in [7, 11) is 0. The van der Waals surface area contributed by atoms with Gasteiger partial charge in [0.1, 0.15) is 23.1 Å². The molecule has 7 aliphatic rings. The van der Waals surface area contributed by atoms with Crippen molar-refractivity contribution in [3.05, 3.63) is 69.0 Å². The van der Waals surface area contributed by atoms with Gasteiger partial charge in [-0.25, -0.2) is 24.4 Å². The Bertz CT molecular complexity index is 2190. The van der Waals surface area contributed by atoms with Crippen LogP contribution in [0.3, 0.4) is 0 Å². The zero-order chi connectivity index (χ0) is 49.4. The van der Waals surface area contributed by atoms with Crippen molar-refractivity contribution in [2.45, 2.75) is 83.5 Å². The van der Waals surface area contributed by atoms with Crippen LogP contribution in [-0.2, 0) is 19.3 Å². The summed E-state index contributed by atoms with van der Waals surface area (Å²) in [5.41, 5.74) is 7.28. The van der Waals surface area contributed by atoms with E-state index in [0.29, 0.717) is 44.4 Å². The van der Waals surface area contributed by atoms with Gasteiger partial charge in [-0.1, -0.05) is 6.42 Å². The third-order valence-electron chi connectivity index (χ3n) is 11.1. The second kappa shape index (κ2) is 35.4. The van der Waals surface area contributed by atoms with E-state index in [4.69, 9.17) is 26.4 Å². The maximum Gasteiger partial charge on any atom is 1.00 e. The first-order valence-corrected chi connectivity index (χ1v) is 25.2. The Morgan fingerprint density at radius 2 is 1.11 bits per heavy atom. The number of phenolic OH excluding ortho intramolecular Hbond substituents is 1. The Labute approximate surface area is 513 Å². The fourth-order valence-electron chi connectivity index (χ4n) is 7.47. The number of hydrogen-bond donors (Lipinski definition) is 4. The normalized spacial score (nSPS) is 19.8. The minimum absolute atomic E-state index is 0. The van der Waals surface area contributed by atoms with Crippen LogP contribution in [0.1, 0.15) is 96.0 Å². The van der Waals surface area contributed by atoms with Crippen LogP contribution in [-0.4, -0.2) is 130 Å². The summed E-state index contributed by atoms with van der Waals surface area (Å²) in [4.78, 5) is 70.7. The Morgan fingerprint density at radius 1 is 0.676 bits per heavy atom. The molecule has 25 heteroatoms. The number of carbonyl (C=O) groups is 5. The van der Waals surface area contributed by atoms with Crippen LogP contribution < -0.4 is 129 Å². The fourth-order valence-corrected chi connectivity index (χ4v) is 9.46. The van der Waals surface area contributed by atoms with Gasteiger partial charge < -0.3 is 36.5 Å². The minimum Gasteiger partial charge on any atom is -1.00 e. The zero-order valence-corrected chi connectivity index (χ0v) is 48.9. The van der Waals surface area contributed by atoms with Crippen LogP contribution in [0, 0.1) is 11.6 Å². The summed E-state index contributed by atoms with van der Waals surface area (Å²) in [6.45, 7) is 8.62. The molecule has 0 saturated carbocycles. The number of aliphatic imine (C=N–C) groups is 2. The maximum absolute atomic E-state index is 13.8. The van der Waals surface area contributed by atoms with Gasteiger partial charge in [-0.2, -0.15) is 9.98 Å². The molecule has 0 atom stereocenters. The second-order valence-corrected chi connectivity index (χ2v) is 18.6. The Balaban J connectivity index is 0.000000358. The van der Waals surface area contributed by atoms with E-state index in [2.05, 4.69) is 31.0 Å². The number of carbonyl (C=O) groups excluding carboxylic acids is 5. The first-order valence-electron chi connectivity index (χ1n) is 23.1. The van der Waals surface area contributed by atoms with Crippen LogP contribution in [0.25, 0.3) is 12.2 Å². The standard InChI is InChI=1S/C20H23FN4O3S.C14H14FN3O2S.C6H10ClNO.C5H11N.CH2O3.2K.H/c21-15-7-6-14(16(13-15)28-20(27)24-9-3-1-4-10-24)12-17-18(26)23-19(29-17)25-11-5-2-8-22-25;15-10-4-3-9(11(19)8-10)7-12-13(20)17-14(21-12)18-6-2-1-5-16-18;7-6(9)8-4-2-1-3-5-8;1-2-4-6-5-3-1;2-1-4-3;;;/h6-7,12-13,22H,1-5,8-11H2;3-4,7-8,16,19H,1-2,5-6H2;1-5H2;6H,1-5H2;1,3H;;;/q;;;;;2*+1;-1/p-1/b17-12+;12-7-;;;;;;. The quantitative estimate of drug-likeness (QED) is 0.0628. The van der Waals surface area contributed by atoms with Gasteiger partial charge in [0.15, 0.2) is 10.3 Å². The number of piperidine rings is 3. The average molecular weight is 1100 g/mol. The molecule has 4 N–H and O–H groups in total. The van der Waals surface area contributed by atoms with Crippen molar-refractivity contribution in [2.24, 2.45) is 9.98 Å². The molecule has 0 unspecified atom stereocenters. The van der Waals surface area contributed by atoms with E-state index >= 15 is 0 Å². The number of thioether (sulfide) groups is 2. The van der Waals surface area contributed by atoms with Crippen molar-refractivity contribution < 1.29 is 157 Å². The Kier molecular flexibility index (Phi) is 31.7. The summed E-state index contributed by atoms with van der Waals surface area (Å²) < 4.78 is 32.2. The number of amides is 4. The minimum atomic E-state index is -0.519. The van der Waals surface area contributed by atoms with Crippen LogP contribution in [0.15, 0.2) is 56.2 Å². The summed E-state index contributed by atoms with van der Waals surface area (Å²) in [5, 5.41) is 26.1. The van der Waals surface area contributed by atoms with E-state index in [1.54, 1.807) is 15.9 Å². The number of hydrazine groups is 2. The van der Waals surface area contributed by atoms with Gasteiger partial charge in [0.2, 0.25) is 0 Å². The molecule has 5 saturated heterocycles. The number of rotatable bonds is 4. The van der Waals surface area contributed by atoms with Crippen molar-refractivity contribution in [2.75, 3.05) is 65.4 Å². The van der Waals surface area contributed by atoms with E-state index in [1.165, 1.54) is 98.7 Å². The number of halogens is 3. The number of aromatic hydroxyl groups is 1. The molecule has 5 fully saturated rings. The monoisotopic (exact) mass is 1100 g/mol. The Hall–Kier alpha value is -1.83. The van der Waals surface area contributed by atoms with Crippen molar-refractivity contribution in [1.82, 2.24) is 36.0 Å². The van der Waals surface area contributed by atoms with Gasteiger partial charge in [0.25, 0.3) is 18.3 Å². The number of nitrogens with zero attached hydrogens (tertiary/aromatic N) is 6. The van der Waals surface area contributed by atoms with Gasteiger partial charge >= 0.3 is 114 Å². The number of ether oxygens (including phenoxy) is 1. The van der Waals surface area contributed by atoms with Gasteiger partial charge in [-0.05, 0) is 162 Å². The molecule has 0 bridgehead atoms. The number of hydrogen-bond acceptors (Lipinski definition) is 16. The molecule has 0 aromatic heterocycles. The summed E-state index contributed by atoms with van der Waals surface area (Å²) in [6, 6.07) is 7.65. The third-order valence-corrected chi connectivity index (χ3v) is 13.4. The van der Waals surface area contributed by atoms with E-state index in [0.717, 1.165) is 103 Å². The molecule has 0 aliphatic carbocycles. The molecule has 2 aromatic rings. The number of amidine groups is 2. The molecule has 0 spiro atoms. The molecule has 9 rings (SSSR count). The summed E-state index contributed by atoms with van der Waals surface area (Å²) in [6.07, 6.45) is 17.6. The average Bonchev–Trinajstić information content (AvgIpc) is 3.95. The van der Waals surface area contributed by atoms with Crippen molar-refractivity contribution in [3.8, 4) is 11.5 Å². The van der Waals surface area contributed by atoms with Crippen LogP contribution in [0.4, 0.5) is 18.4 Å². The number of nitrogens with one attached hydrogen (secondary N) is 3. The van der Waals surface area contributed by atoms with Gasteiger partial charge in [0.05, 0.1) is 9.81 Å². The summed E-state index contributed by atoms with van der Waals surface area (Å²) in [5.74, 6) is -1.81. The summed E-state index contributed by atoms with van der Waals surface area (Å²) >= 11 is 7.76. The van der Waals surface area contributed by atoms with E-state index in [1.807, 2.05) is 10.0 Å². The number of likely N-dealkylation sites (tertiary alicyclic amines) is 2. The molecule has 4 amide bonds. The molecule has 71 heavy (non-hydrogen) atoms. The molecule has 2 aromatic carbocycles. The van der Waals surface area contributed by atoms with Gasteiger partial charge in [-0.15, -0.1) is 0 Å². The number of benzene rings is 2. The van der Waals surface area contributed by atoms with Crippen molar-refractivity contribution in [3.63, 3.8) is 0 Å². The SMILES string of the molecule is C1CCNCC1.O=C(Cl)N1CCCCC1.O=C1N=C(N2CCCCN2)S/C1=C/c1ccc(F)cc1OC(=O)N1CCCCC1.O=C1N=C(N2CCCCN2)S/C1=C\c1ccc(F)cc1O.O=CO[O-].[H-].[K+].[K+]. The Morgan fingerprint density at radius 3 is 1.52 bits per heavy atom. The van der Waals surface area contributed by atoms with E-state index in [9.17, 15) is 33.1 Å². The molecule has 7 heterocycles. The first-order chi connectivity index (χ1) is 33.4. The third kappa shape index (κ3) is 22.5. The van der Waals surface area contributed by atoms with E-state index in [-0.39, 0.29) is 139 Å². The van der Waals surface area contributed by atoms with Crippen LogP contribution in [0.5, 0.6) is 11.5 Å². The second-order valence-electron chi connectivity index (χ2n) is 16.3. The zero-order valence-electron chi connectivity index (χ0n) is 41.3. The van der Waals surface area contributed by atoms with E-state index < -0.39 is 17.7 Å². The van der Waals surface area contributed by atoms with Crippen LogP contribution in [0.2, 0.25) is 0 Å². The molecule has 7 aliphatic heterocycles. The van der Waals surface area contributed by atoms with Crippen molar-refractivity contribution in [1.29, 1.82) is 0 Å². The maximum atomic E-state index is 13.8. The predicted molar refractivity (Wildman–Crippen MR) is 261 cm³/mol. The molecule has 0 radical (unpaired) electrons. The van der Waals surface area contributed by atoms with Gasteiger partial charge in [0, 0.05) is 75.6 Å². The molecule has 378 valence electrons. The van der Waals surface area contributed by atoms with Crippen molar-refractivity contribution >= 4 is 87.4 Å². The first kappa shape index (κ1) is 63.5. The molecular formula is C46H60ClF2K2N9O9S2.